The molecule has 2 saturated heterocycles. The van der Waals surface area contributed by atoms with Crippen molar-refractivity contribution in [2.75, 3.05) is 24.5 Å². The third-order valence-electron chi connectivity index (χ3n) is 6.68. The number of imidazole rings is 1. The molecule has 2 aliphatic heterocycles. The van der Waals surface area contributed by atoms with Crippen molar-refractivity contribution in [1.29, 1.82) is 0 Å². The summed E-state index contributed by atoms with van der Waals surface area (Å²) < 4.78 is 41.0. The Morgan fingerprint density at radius 2 is 1.94 bits per heavy atom. The fraction of sp³-hybridized carbons (Fsp3) is 0.409. The van der Waals surface area contributed by atoms with Crippen LogP contribution in [0.15, 0.2) is 43.2 Å². The molecule has 176 valence electrons. The Kier molecular flexibility index (Phi) is 4.97. The van der Waals surface area contributed by atoms with E-state index in [2.05, 4.69) is 34.9 Å². The number of hydrogen-bond acceptors (Lipinski definition) is 7. The first kappa shape index (κ1) is 21.0. The molecule has 2 aliphatic rings. The normalized spacial score (nSPS) is 21.7. The van der Waals surface area contributed by atoms with E-state index in [1.165, 1.54) is 23.4 Å². The number of piperazine rings is 1. The van der Waals surface area contributed by atoms with Gasteiger partial charge in [-0.3, -0.25) is 14.4 Å². The number of rotatable bonds is 3. The highest BCUT2D eigenvalue weighted by Crippen LogP contribution is 2.35. The van der Waals surface area contributed by atoms with Gasteiger partial charge in [-0.2, -0.15) is 18.3 Å². The number of aromatic nitrogens is 7. The number of H-pyrrole nitrogens is 1. The number of piperidine rings is 1. The molecule has 0 radical (unpaired) electrons. The maximum atomic E-state index is 13.2. The van der Waals surface area contributed by atoms with Crippen LogP contribution in [0.25, 0.3) is 17.2 Å². The fourth-order valence-corrected chi connectivity index (χ4v) is 5.05. The van der Waals surface area contributed by atoms with Gasteiger partial charge in [0.15, 0.2) is 17.2 Å². The van der Waals surface area contributed by atoms with Crippen molar-refractivity contribution in [3.8, 4) is 11.5 Å². The number of halogens is 3. The zero-order valence-electron chi connectivity index (χ0n) is 18.2. The molecule has 4 aromatic heterocycles. The number of hydrogen-bond donors (Lipinski definition) is 1. The van der Waals surface area contributed by atoms with Crippen LogP contribution in [0.5, 0.6) is 0 Å². The first-order valence-electron chi connectivity index (χ1n) is 11.2. The van der Waals surface area contributed by atoms with Crippen LogP contribution in [0, 0.1) is 0 Å². The van der Waals surface area contributed by atoms with E-state index in [0.717, 1.165) is 49.8 Å². The second-order valence-electron chi connectivity index (χ2n) is 8.72. The molecular formula is C22H22F3N9. The van der Waals surface area contributed by atoms with Gasteiger partial charge in [0.2, 0.25) is 0 Å². The van der Waals surface area contributed by atoms with Crippen LogP contribution in [0.1, 0.15) is 36.6 Å². The van der Waals surface area contributed by atoms with Gasteiger partial charge >= 0.3 is 6.18 Å². The molecule has 0 aromatic carbocycles. The molecule has 0 amide bonds. The highest BCUT2D eigenvalue weighted by Gasteiger charge is 2.38. The molecule has 12 heteroatoms. The number of alkyl halides is 3. The Morgan fingerprint density at radius 1 is 1.03 bits per heavy atom. The molecule has 6 heterocycles. The summed E-state index contributed by atoms with van der Waals surface area (Å²) in [7, 11) is 0. The Labute approximate surface area is 192 Å². The number of aromatic amines is 1. The van der Waals surface area contributed by atoms with E-state index in [1.54, 1.807) is 6.20 Å². The summed E-state index contributed by atoms with van der Waals surface area (Å²) in [4.78, 5) is 21.5. The summed E-state index contributed by atoms with van der Waals surface area (Å²) in [5.41, 5.74) is 0.826. The van der Waals surface area contributed by atoms with Gasteiger partial charge in [0.05, 0.1) is 24.6 Å². The third-order valence-corrected chi connectivity index (χ3v) is 6.68. The minimum Gasteiger partial charge on any atom is -0.353 e. The van der Waals surface area contributed by atoms with Gasteiger partial charge < -0.3 is 4.90 Å². The number of nitrogens with zero attached hydrogens (tertiary/aromatic N) is 8. The SMILES string of the molecule is FC(F)(F)c1cn2c(-c3nccc(N4CC(c5cn[nH]c5)N5CCCC[C@H]5C4)n3)cnc2cn1. The molecule has 0 aliphatic carbocycles. The van der Waals surface area contributed by atoms with E-state index < -0.39 is 11.9 Å². The molecule has 1 N–H and O–H groups in total. The summed E-state index contributed by atoms with van der Waals surface area (Å²) in [5, 5.41) is 7.06. The van der Waals surface area contributed by atoms with Gasteiger partial charge in [-0.25, -0.2) is 19.9 Å². The number of fused-ring (bicyclic) bond motifs is 2. The minimum absolute atomic E-state index is 0.187. The van der Waals surface area contributed by atoms with Crippen LogP contribution >= 0.6 is 0 Å². The van der Waals surface area contributed by atoms with E-state index in [4.69, 9.17) is 4.98 Å². The monoisotopic (exact) mass is 469 g/mol. The standard InChI is InChI=1S/C22H22F3N9/c23-22(24,25)18-13-34-16(9-28-20(34)10-27-18)21-26-5-4-19(31-21)32-11-15-3-1-2-6-33(15)17(12-32)14-7-29-30-8-14/h4-5,7-10,13,15,17H,1-3,6,11-12H2,(H,29,30)/t15-,17?/m0/s1. The van der Waals surface area contributed by atoms with E-state index in [-0.39, 0.29) is 6.04 Å². The van der Waals surface area contributed by atoms with Gasteiger partial charge in [-0.15, -0.1) is 0 Å². The molecule has 4 aromatic rings. The summed E-state index contributed by atoms with van der Waals surface area (Å²) in [6.07, 6.45) is 7.91. The van der Waals surface area contributed by atoms with Crippen LogP contribution in [0.4, 0.5) is 19.0 Å². The highest BCUT2D eigenvalue weighted by molar-refractivity contribution is 5.58. The maximum Gasteiger partial charge on any atom is 0.434 e. The second kappa shape index (κ2) is 8.05. The Balaban J connectivity index is 1.35. The van der Waals surface area contributed by atoms with Crippen LogP contribution in [-0.2, 0) is 6.18 Å². The topological polar surface area (TPSA) is 91.1 Å². The Hall–Kier alpha value is -3.54. The van der Waals surface area contributed by atoms with Crippen LogP contribution in [0.3, 0.4) is 0 Å². The quantitative estimate of drug-likeness (QED) is 0.492. The lowest BCUT2D eigenvalue weighted by Crippen LogP contribution is -2.56. The van der Waals surface area contributed by atoms with Crippen LogP contribution in [-0.4, -0.2) is 65.1 Å². The average molecular weight is 469 g/mol. The van der Waals surface area contributed by atoms with Crippen molar-refractivity contribution in [2.24, 2.45) is 0 Å². The predicted octanol–water partition coefficient (Wildman–Crippen LogP) is 3.34. The van der Waals surface area contributed by atoms with E-state index in [1.807, 2.05) is 18.5 Å². The lowest BCUT2D eigenvalue weighted by Gasteiger charge is -2.49. The lowest BCUT2D eigenvalue weighted by molar-refractivity contribution is -0.141. The molecule has 0 spiro atoms. The van der Waals surface area contributed by atoms with Gasteiger partial charge in [0.1, 0.15) is 11.5 Å². The first-order chi connectivity index (χ1) is 16.5. The van der Waals surface area contributed by atoms with Crippen LogP contribution < -0.4 is 4.90 Å². The summed E-state index contributed by atoms with van der Waals surface area (Å²) in [5.74, 6) is 1.05. The molecule has 0 bridgehead atoms. The molecule has 0 saturated carbocycles. The largest absolute Gasteiger partial charge is 0.434 e. The fourth-order valence-electron chi connectivity index (χ4n) is 5.05. The third kappa shape index (κ3) is 3.67. The maximum absolute atomic E-state index is 13.2. The van der Waals surface area contributed by atoms with Gasteiger partial charge in [-0.1, -0.05) is 6.42 Å². The molecule has 34 heavy (non-hydrogen) atoms. The zero-order valence-corrected chi connectivity index (χ0v) is 18.2. The lowest BCUT2D eigenvalue weighted by atomic mass is 9.93. The van der Waals surface area contributed by atoms with Gasteiger partial charge in [0, 0.05) is 43.3 Å². The van der Waals surface area contributed by atoms with Crippen molar-refractivity contribution < 1.29 is 13.2 Å². The second-order valence-corrected chi connectivity index (χ2v) is 8.72. The number of nitrogens with one attached hydrogen (secondary N) is 1. The first-order valence-corrected chi connectivity index (χ1v) is 11.2. The summed E-state index contributed by atoms with van der Waals surface area (Å²) in [6.45, 7) is 2.63. The van der Waals surface area contributed by atoms with E-state index in [9.17, 15) is 13.2 Å². The molecular weight excluding hydrogens is 447 g/mol. The molecule has 6 rings (SSSR count). The van der Waals surface area contributed by atoms with Crippen molar-refractivity contribution in [3.63, 3.8) is 0 Å². The zero-order chi connectivity index (χ0) is 23.3. The average Bonchev–Trinajstić information content (AvgIpc) is 3.53. The smallest absolute Gasteiger partial charge is 0.353 e. The highest BCUT2D eigenvalue weighted by atomic mass is 19.4. The predicted molar refractivity (Wildman–Crippen MR) is 117 cm³/mol. The van der Waals surface area contributed by atoms with Crippen LogP contribution in [0.2, 0.25) is 0 Å². The molecule has 9 nitrogen and oxygen atoms in total. The summed E-state index contributed by atoms with van der Waals surface area (Å²) in [6, 6.07) is 2.44. The molecule has 1 unspecified atom stereocenters. The molecule has 2 atom stereocenters. The number of anilines is 1. The van der Waals surface area contributed by atoms with Gasteiger partial charge in [-0.05, 0) is 25.5 Å². The van der Waals surface area contributed by atoms with Gasteiger partial charge in [0.25, 0.3) is 0 Å². The van der Waals surface area contributed by atoms with Crippen molar-refractivity contribution in [3.05, 3.63) is 54.5 Å². The summed E-state index contributed by atoms with van der Waals surface area (Å²) >= 11 is 0. The Bertz CT molecular complexity index is 1300. The van der Waals surface area contributed by atoms with E-state index in [0.29, 0.717) is 23.2 Å². The van der Waals surface area contributed by atoms with Crippen molar-refractivity contribution >= 4 is 11.5 Å². The Morgan fingerprint density at radius 3 is 2.76 bits per heavy atom. The van der Waals surface area contributed by atoms with E-state index >= 15 is 0 Å². The molecule has 2 fully saturated rings. The minimum atomic E-state index is -4.56. The van der Waals surface area contributed by atoms with Crippen molar-refractivity contribution in [2.45, 2.75) is 37.5 Å². The van der Waals surface area contributed by atoms with Crippen molar-refractivity contribution in [1.82, 2.24) is 39.4 Å².